The molecule has 1 aromatic carbocycles. The molecule has 0 aliphatic carbocycles. The van der Waals surface area contributed by atoms with E-state index in [9.17, 15) is 9.90 Å². The minimum absolute atomic E-state index is 0.163. The van der Waals surface area contributed by atoms with Gasteiger partial charge >= 0.3 is 5.97 Å². The third-order valence-electron chi connectivity index (χ3n) is 2.09. The molecule has 0 aliphatic heterocycles. The summed E-state index contributed by atoms with van der Waals surface area (Å²) in [6, 6.07) is 4.80. The molecule has 0 aliphatic rings. The van der Waals surface area contributed by atoms with E-state index < -0.39 is 0 Å². The van der Waals surface area contributed by atoms with E-state index >= 15 is 0 Å². The Balaban J connectivity index is 2.74. The molecule has 0 fully saturated rings. The van der Waals surface area contributed by atoms with E-state index in [1.54, 1.807) is 25.3 Å². The van der Waals surface area contributed by atoms with Crippen LogP contribution in [0.4, 0.5) is 0 Å². The number of benzene rings is 1. The van der Waals surface area contributed by atoms with Gasteiger partial charge in [-0.05, 0) is 30.2 Å². The minimum atomic E-state index is -0.277. The van der Waals surface area contributed by atoms with Crippen LogP contribution in [-0.4, -0.2) is 25.3 Å². The molecular formula is C11H14O4. The Morgan fingerprint density at radius 1 is 1.40 bits per heavy atom. The SMILES string of the molecule is COC(=O)CCc1cc(O)ccc1OC. The van der Waals surface area contributed by atoms with E-state index in [2.05, 4.69) is 4.74 Å². The topological polar surface area (TPSA) is 55.8 Å². The highest BCUT2D eigenvalue weighted by Gasteiger charge is 2.07. The Morgan fingerprint density at radius 3 is 2.73 bits per heavy atom. The highest BCUT2D eigenvalue weighted by atomic mass is 16.5. The minimum Gasteiger partial charge on any atom is -0.508 e. The van der Waals surface area contributed by atoms with E-state index in [1.165, 1.54) is 7.11 Å². The molecule has 0 spiro atoms. The van der Waals surface area contributed by atoms with E-state index in [0.717, 1.165) is 5.56 Å². The molecule has 0 radical (unpaired) electrons. The van der Waals surface area contributed by atoms with Crippen LogP contribution >= 0.6 is 0 Å². The summed E-state index contributed by atoms with van der Waals surface area (Å²) < 4.78 is 9.64. The van der Waals surface area contributed by atoms with Crippen molar-refractivity contribution in [3.63, 3.8) is 0 Å². The molecule has 4 heteroatoms. The first-order valence-corrected chi connectivity index (χ1v) is 4.60. The molecule has 0 amide bonds. The van der Waals surface area contributed by atoms with Gasteiger partial charge in [0.2, 0.25) is 0 Å². The summed E-state index contributed by atoms with van der Waals surface area (Å²) in [5.74, 6) is 0.549. The number of aryl methyl sites for hydroxylation is 1. The van der Waals surface area contributed by atoms with Crippen molar-refractivity contribution in [2.75, 3.05) is 14.2 Å². The van der Waals surface area contributed by atoms with Gasteiger partial charge in [0, 0.05) is 6.42 Å². The first kappa shape index (κ1) is 11.4. The van der Waals surface area contributed by atoms with Crippen molar-refractivity contribution in [1.29, 1.82) is 0 Å². The second-order valence-electron chi connectivity index (χ2n) is 3.07. The number of rotatable bonds is 4. The number of hydrogen-bond donors (Lipinski definition) is 1. The van der Waals surface area contributed by atoms with Crippen LogP contribution < -0.4 is 4.74 Å². The number of esters is 1. The van der Waals surface area contributed by atoms with Gasteiger partial charge in [-0.2, -0.15) is 0 Å². The van der Waals surface area contributed by atoms with Gasteiger partial charge in [-0.1, -0.05) is 0 Å². The zero-order chi connectivity index (χ0) is 11.3. The Labute approximate surface area is 88.4 Å². The van der Waals surface area contributed by atoms with Gasteiger partial charge in [0.25, 0.3) is 0 Å². The van der Waals surface area contributed by atoms with Gasteiger partial charge < -0.3 is 14.6 Å². The van der Waals surface area contributed by atoms with Crippen LogP contribution in [0.25, 0.3) is 0 Å². The van der Waals surface area contributed by atoms with Gasteiger partial charge in [0.15, 0.2) is 0 Å². The maximum absolute atomic E-state index is 10.9. The molecule has 1 aromatic rings. The van der Waals surface area contributed by atoms with Crippen molar-refractivity contribution < 1.29 is 19.4 Å². The predicted molar refractivity (Wildman–Crippen MR) is 55.0 cm³/mol. The maximum atomic E-state index is 10.9. The summed E-state index contributed by atoms with van der Waals surface area (Å²) in [5, 5.41) is 9.28. The Morgan fingerprint density at radius 2 is 2.13 bits per heavy atom. The van der Waals surface area contributed by atoms with Gasteiger partial charge in [-0.25, -0.2) is 0 Å². The highest BCUT2D eigenvalue weighted by molar-refractivity contribution is 5.69. The molecule has 4 nitrogen and oxygen atoms in total. The fraction of sp³-hybridized carbons (Fsp3) is 0.364. The van der Waals surface area contributed by atoms with E-state index in [1.807, 2.05) is 0 Å². The highest BCUT2D eigenvalue weighted by Crippen LogP contribution is 2.24. The molecule has 0 bridgehead atoms. The van der Waals surface area contributed by atoms with Crippen molar-refractivity contribution in [3.8, 4) is 11.5 Å². The van der Waals surface area contributed by atoms with Crippen LogP contribution in [0.3, 0.4) is 0 Å². The molecule has 82 valence electrons. The number of ether oxygens (including phenoxy) is 2. The normalized spacial score (nSPS) is 9.73. The molecule has 15 heavy (non-hydrogen) atoms. The van der Waals surface area contributed by atoms with Crippen molar-refractivity contribution >= 4 is 5.97 Å². The van der Waals surface area contributed by atoms with Crippen LogP contribution in [0.15, 0.2) is 18.2 Å². The van der Waals surface area contributed by atoms with E-state index in [0.29, 0.717) is 12.2 Å². The first-order valence-electron chi connectivity index (χ1n) is 4.60. The first-order chi connectivity index (χ1) is 7.17. The van der Waals surface area contributed by atoms with E-state index in [-0.39, 0.29) is 18.1 Å². The monoisotopic (exact) mass is 210 g/mol. The average Bonchev–Trinajstić information content (AvgIpc) is 2.26. The third kappa shape index (κ3) is 3.16. The summed E-state index contributed by atoms with van der Waals surface area (Å²) in [6.07, 6.45) is 0.764. The fourth-order valence-corrected chi connectivity index (χ4v) is 1.30. The Kier molecular flexibility index (Phi) is 3.97. The number of phenols is 1. The van der Waals surface area contributed by atoms with Gasteiger partial charge in [0.05, 0.1) is 14.2 Å². The Bertz CT molecular complexity index is 346. The van der Waals surface area contributed by atoms with Gasteiger partial charge in [-0.15, -0.1) is 0 Å². The second-order valence-corrected chi connectivity index (χ2v) is 3.07. The lowest BCUT2D eigenvalue weighted by Crippen LogP contribution is -2.02. The summed E-state index contributed by atoms with van der Waals surface area (Å²) >= 11 is 0. The summed E-state index contributed by atoms with van der Waals surface area (Å²) in [5.41, 5.74) is 0.794. The molecule has 1 rings (SSSR count). The van der Waals surface area contributed by atoms with Crippen molar-refractivity contribution in [2.45, 2.75) is 12.8 Å². The molecule has 0 aromatic heterocycles. The van der Waals surface area contributed by atoms with Crippen LogP contribution in [-0.2, 0) is 16.0 Å². The molecule has 0 saturated heterocycles. The number of aromatic hydroxyl groups is 1. The van der Waals surface area contributed by atoms with Crippen molar-refractivity contribution in [1.82, 2.24) is 0 Å². The summed E-state index contributed by atoms with van der Waals surface area (Å²) in [7, 11) is 2.90. The third-order valence-corrected chi connectivity index (χ3v) is 2.09. The smallest absolute Gasteiger partial charge is 0.305 e. The summed E-state index contributed by atoms with van der Waals surface area (Å²) in [4.78, 5) is 10.9. The fourth-order valence-electron chi connectivity index (χ4n) is 1.30. The number of carbonyl (C=O) groups excluding carboxylic acids is 1. The lowest BCUT2D eigenvalue weighted by Gasteiger charge is -2.07. The van der Waals surface area contributed by atoms with Crippen molar-refractivity contribution in [2.24, 2.45) is 0 Å². The van der Waals surface area contributed by atoms with Crippen LogP contribution in [0.1, 0.15) is 12.0 Å². The molecule has 0 heterocycles. The average molecular weight is 210 g/mol. The standard InChI is InChI=1S/C11H14O4/c1-14-10-5-4-9(12)7-8(10)3-6-11(13)15-2/h4-5,7,12H,3,6H2,1-2H3. The lowest BCUT2D eigenvalue weighted by atomic mass is 10.1. The molecular weight excluding hydrogens is 196 g/mol. The number of carbonyl (C=O) groups is 1. The zero-order valence-corrected chi connectivity index (χ0v) is 8.82. The molecule has 1 N–H and O–H groups in total. The maximum Gasteiger partial charge on any atom is 0.305 e. The largest absolute Gasteiger partial charge is 0.508 e. The van der Waals surface area contributed by atoms with Crippen LogP contribution in [0, 0.1) is 0 Å². The number of methoxy groups -OCH3 is 2. The van der Waals surface area contributed by atoms with Crippen LogP contribution in [0.2, 0.25) is 0 Å². The van der Waals surface area contributed by atoms with Gasteiger partial charge in [-0.3, -0.25) is 4.79 Å². The molecule has 0 unspecified atom stereocenters. The zero-order valence-electron chi connectivity index (χ0n) is 8.82. The number of hydrogen-bond acceptors (Lipinski definition) is 4. The Hall–Kier alpha value is -1.71. The second kappa shape index (κ2) is 5.24. The van der Waals surface area contributed by atoms with Crippen molar-refractivity contribution in [3.05, 3.63) is 23.8 Å². The summed E-state index contributed by atoms with van der Waals surface area (Å²) in [6.45, 7) is 0. The predicted octanol–water partition coefficient (Wildman–Crippen LogP) is 1.51. The lowest BCUT2D eigenvalue weighted by molar-refractivity contribution is -0.140. The van der Waals surface area contributed by atoms with E-state index in [4.69, 9.17) is 4.74 Å². The number of phenolic OH excluding ortho intramolecular Hbond substituents is 1. The van der Waals surface area contributed by atoms with Gasteiger partial charge in [0.1, 0.15) is 11.5 Å². The molecule has 0 atom stereocenters. The molecule has 0 saturated carbocycles. The quantitative estimate of drug-likeness (QED) is 0.765. The van der Waals surface area contributed by atoms with Crippen LogP contribution in [0.5, 0.6) is 11.5 Å².